The lowest BCUT2D eigenvalue weighted by molar-refractivity contribution is 0.0991. The summed E-state index contributed by atoms with van der Waals surface area (Å²) < 4.78 is 10.7. The Balaban J connectivity index is 1.35. The first kappa shape index (κ1) is 23.1. The van der Waals surface area contributed by atoms with Crippen LogP contribution in [-0.4, -0.2) is 62.2 Å². The number of amides is 2. The van der Waals surface area contributed by atoms with Crippen molar-refractivity contribution in [2.75, 3.05) is 55.5 Å². The highest BCUT2D eigenvalue weighted by Gasteiger charge is 2.32. The van der Waals surface area contributed by atoms with E-state index in [2.05, 4.69) is 25.5 Å². The number of hydrogen-bond acceptors (Lipinski definition) is 9. The topological polar surface area (TPSA) is 109 Å². The van der Waals surface area contributed by atoms with E-state index in [4.69, 9.17) is 9.47 Å². The Morgan fingerprint density at radius 1 is 1.14 bits per heavy atom. The number of ether oxygens (including phenoxy) is 2. The van der Waals surface area contributed by atoms with Gasteiger partial charge in [-0.1, -0.05) is 0 Å². The van der Waals surface area contributed by atoms with Gasteiger partial charge in [0.05, 0.1) is 38.3 Å². The molecule has 1 aromatic carbocycles. The number of thiazole rings is 1. The third kappa shape index (κ3) is 4.40. The highest BCUT2D eigenvalue weighted by molar-refractivity contribution is 7.14. The van der Waals surface area contributed by atoms with Crippen LogP contribution in [0, 0.1) is 6.92 Å². The van der Waals surface area contributed by atoms with Crippen LogP contribution in [0.15, 0.2) is 29.8 Å². The normalized spacial score (nSPS) is 15.2. The van der Waals surface area contributed by atoms with E-state index in [9.17, 15) is 9.59 Å². The number of methoxy groups -OCH3 is 2. The molecule has 2 aliphatic rings. The Morgan fingerprint density at radius 2 is 1.89 bits per heavy atom. The summed E-state index contributed by atoms with van der Waals surface area (Å²) in [5.41, 5.74) is 4.07. The fourth-order valence-electron chi connectivity index (χ4n) is 4.28. The monoisotopic (exact) mass is 494 g/mol. The van der Waals surface area contributed by atoms with Gasteiger partial charge in [-0.15, -0.1) is 11.3 Å². The molecule has 2 aromatic heterocycles. The molecule has 0 bridgehead atoms. The van der Waals surface area contributed by atoms with Crippen LogP contribution in [0.2, 0.25) is 0 Å². The number of hydrogen-bond donors (Lipinski definition) is 2. The van der Waals surface area contributed by atoms with E-state index < -0.39 is 0 Å². The summed E-state index contributed by atoms with van der Waals surface area (Å²) in [6.45, 7) is 5.74. The van der Waals surface area contributed by atoms with Crippen LogP contribution >= 0.6 is 11.3 Å². The van der Waals surface area contributed by atoms with E-state index in [0.717, 1.165) is 43.1 Å². The number of aryl methyl sites for hydroxylation is 1. The van der Waals surface area contributed by atoms with Gasteiger partial charge in [-0.3, -0.25) is 19.5 Å². The lowest BCUT2D eigenvalue weighted by Gasteiger charge is -2.31. The fourth-order valence-corrected chi connectivity index (χ4v) is 5.08. The van der Waals surface area contributed by atoms with Crippen molar-refractivity contribution in [3.8, 4) is 11.5 Å². The molecule has 0 spiro atoms. The maximum Gasteiger partial charge on any atom is 0.275 e. The van der Waals surface area contributed by atoms with Crippen molar-refractivity contribution in [2.45, 2.75) is 13.5 Å². The number of pyridine rings is 1. The van der Waals surface area contributed by atoms with Gasteiger partial charge in [-0.05, 0) is 30.7 Å². The van der Waals surface area contributed by atoms with Gasteiger partial charge in [0.15, 0.2) is 16.6 Å². The van der Waals surface area contributed by atoms with Crippen LogP contribution in [0.1, 0.15) is 32.1 Å². The number of rotatable bonds is 6. The number of anilines is 3. The van der Waals surface area contributed by atoms with Crippen molar-refractivity contribution in [1.82, 2.24) is 15.3 Å². The Kier molecular flexibility index (Phi) is 6.27. The number of fused-ring (bicyclic) bond motifs is 1. The molecule has 2 amide bonds. The molecule has 2 N–H and O–H groups in total. The predicted octanol–water partition coefficient (Wildman–Crippen LogP) is 2.69. The summed E-state index contributed by atoms with van der Waals surface area (Å²) in [6.07, 6.45) is 1.68. The molecule has 182 valence electrons. The lowest BCUT2D eigenvalue weighted by Crippen LogP contribution is -2.43. The molecule has 0 atom stereocenters. The second kappa shape index (κ2) is 9.51. The zero-order chi connectivity index (χ0) is 24.5. The summed E-state index contributed by atoms with van der Waals surface area (Å²) in [5.74, 6) is 0.521. The third-order valence-corrected chi connectivity index (χ3v) is 6.96. The minimum absolute atomic E-state index is 0.189. The average Bonchev–Trinajstić information content (AvgIpc) is 3.49. The zero-order valence-electron chi connectivity index (χ0n) is 19.8. The highest BCUT2D eigenvalue weighted by atomic mass is 32.1. The molecule has 0 unspecified atom stereocenters. The number of nitrogens with zero attached hydrogens (tertiary/aromatic N) is 4. The highest BCUT2D eigenvalue weighted by Crippen LogP contribution is 2.37. The van der Waals surface area contributed by atoms with Crippen molar-refractivity contribution in [3.63, 3.8) is 0 Å². The predicted molar refractivity (Wildman–Crippen MR) is 134 cm³/mol. The van der Waals surface area contributed by atoms with Gasteiger partial charge >= 0.3 is 0 Å². The third-order valence-electron chi connectivity index (χ3n) is 6.09. The van der Waals surface area contributed by atoms with E-state index >= 15 is 0 Å². The first-order valence-electron chi connectivity index (χ1n) is 11.2. The second-order valence-corrected chi connectivity index (χ2v) is 9.14. The summed E-state index contributed by atoms with van der Waals surface area (Å²) in [7, 11) is 3.09. The van der Waals surface area contributed by atoms with Crippen molar-refractivity contribution in [1.29, 1.82) is 0 Å². The number of benzene rings is 1. The molecule has 0 radical (unpaired) electrons. The van der Waals surface area contributed by atoms with Gasteiger partial charge in [0.1, 0.15) is 5.69 Å². The summed E-state index contributed by atoms with van der Waals surface area (Å²) >= 11 is 1.25. The van der Waals surface area contributed by atoms with E-state index in [1.807, 2.05) is 13.0 Å². The molecule has 3 aromatic rings. The Hall–Kier alpha value is -3.70. The summed E-state index contributed by atoms with van der Waals surface area (Å²) in [4.78, 5) is 38.8. The van der Waals surface area contributed by atoms with Crippen molar-refractivity contribution in [3.05, 3.63) is 52.3 Å². The van der Waals surface area contributed by atoms with E-state index in [0.29, 0.717) is 34.4 Å². The first-order chi connectivity index (χ1) is 17.0. The van der Waals surface area contributed by atoms with Crippen LogP contribution in [0.4, 0.5) is 16.5 Å². The Labute approximate surface area is 206 Å². The molecular formula is C24H26N6O4S. The van der Waals surface area contributed by atoms with Crippen LogP contribution in [0.25, 0.3) is 0 Å². The van der Waals surface area contributed by atoms with Crippen molar-refractivity contribution >= 4 is 39.7 Å². The maximum absolute atomic E-state index is 13.1. The molecule has 0 aliphatic carbocycles. The Morgan fingerprint density at radius 3 is 2.63 bits per heavy atom. The van der Waals surface area contributed by atoms with Gasteiger partial charge in [0, 0.05) is 42.8 Å². The number of carbonyl (C=O) groups is 2. The van der Waals surface area contributed by atoms with Gasteiger partial charge < -0.3 is 25.0 Å². The molecule has 1 saturated heterocycles. The largest absolute Gasteiger partial charge is 0.493 e. The number of piperazine rings is 1. The SMILES string of the molecule is COc1cc2c(cc1OC)C(=O)N(c1nc(C(=O)Nc3cnc(C)cc3N3CCNCC3)cs1)C2. The minimum atomic E-state index is -0.345. The quantitative estimate of drug-likeness (QED) is 0.539. The number of aromatic nitrogens is 2. The molecule has 0 saturated carbocycles. The molecular weight excluding hydrogens is 468 g/mol. The minimum Gasteiger partial charge on any atom is -0.493 e. The van der Waals surface area contributed by atoms with Gasteiger partial charge in [-0.25, -0.2) is 4.98 Å². The summed E-state index contributed by atoms with van der Waals surface area (Å²) in [6, 6.07) is 5.46. The Bertz CT molecular complexity index is 1290. The van der Waals surface area contributed by atoms with Crippen LogP contribution in [0.3, 0.4) is 0 Å². The van der Waals surface area contributed by atoms with Crippen molar-refractivity contribution < 1.29 is 19.1 Å². The molecule has 2 aliphatic heterocycles. The molecule has 4 heterocycles. The van der Waals surface area contributed by atoms with Gasteiger partial charge in [0.25, 0.3) is 11.8 Å². The van der Waals surface area contributed by atoms with Crippen LogP contribution in [-0.2, 0) is 6.54 Å². The molecule has 10 nitrogen and oxygen atoms in total. The zero-order valence-corrected chi connectivity index (χ0v) is 20.6. The maximum atomic E-state index is 13.1. The smallest absolute Gasteiger partial charge is 0.275 e. The summed E-state index contributed by atoms with van der Waals surface area (Å²) in [5, 5.41) is 8.41. The fraction of sp³-hybridized carbons (Fsp3) is 0.333. The van der Waals surface area contributed by atoms with Crippen LogP contribution < -0.4 is 29.9 Å². The standard InChI is InChI=1S/C24H26N6O4S/c1-14-8-19(29-6-4-25-5-7-29)17(11-26-14)27-22(31)18-13-35-24(28-18)30-12-15-9-20(33-2)21(34-3)10-16(15)23(30)32/h8-11,13,25H,4-7,12H2,1-3H3,(H,27,31). The molecule has 35 heavy (non-hydrogen) atoms. The number of nitrogens with one attached hydrogen (secondary N) is 2. The second-order valence-electron chi connectivity index (χ2n) is 8.30. The molecule has 11 heteroatoms. The molecule has 1 fully saturated rings. The lowest BCUT2D eigenvalue weighted by atomic mass is 10.1. The van der Waals surface area contributed by atoms with Crippen LogP contribution in [0.5, 0.6) is 11.5 Å². The average molecular weight is 495 g/mol. The van der Waals surface area contributed by atoms with Gasteiger partial charge in [-0.2, -0.15) is 0 Å². The van der Waals surface area contributed by atoms with E-state index in [1.54, 1.807) is 35.7 Å². The first-order valence-corrected chi connectivity index (χ1v) is 12.1. The number of carbonyl (C=O) groups excluding carboxylic acids is 2. The van der Waals surface area contributed by atoms with E-state index in [1.165, 1.54) is 18.4 Å². The molecule has 5 rings (SSSR count). The van der Waals surface area contributed by atoms with E-state index in [-0.39, 0.29) is 17.5 Å². The van der Waals surface area contributed by atoms with Crippen molar-refractivity contribution in [2.24, 2.45) is 0 Å². The van der Waals surface area contributed by atoms with Gasteiger partial charge in [0.2, 0.25) is 0 Å².